The second-order valence-corrected chi connectivity index (χ2v) is 6.71. The van der Waals surface area contributed by atoms with Crippen LogP contribution in [0.4, 0.5) is 5.95 Å². The van der Waals surface area contributed by atoms with Crippen LogP contribution >= 0.6 is 0 Å². The smallest absolute Gasteiger partial charge is 0.230 e. The van der Waals surface area contributed by atoms with Crippen LogP contribution < -0.4 is 14.4 Å². The van der Waals surface area contributed by atoms with Gasteiger partial charge >= 0.3 is 0 Å². The van der Waals surface area contributed by atoms with E-state index in [0.29, 0.717) is 5.82 Å². The summed E-state index contributed by atoms with van der Waals surface area (Å²) in [4.78, 5) is 11.4. The number of aryl methyl sites for hydroxylation is 3. The lowest BCUT2D eigenvalue weighted by Crippen LogP contribution is -2.23. The van der Waals surface area contributed by atoms with E-state index < -0.39 is 0 Å². The van der Waals surface area contributed by atoms with Gasteiger partial charge in [0.05, 0.1) is 25.5 Å². The molecule has 0 N–H and O–H groups in total. The Morgan fingerprint density at radius 2 is 1.78 bits per heavy atom. The Kier molecular flexibility index (Phi) is 5.21. The molecule has 144 valence electrons. The fourth-order valence-corrected chi connectivity index (χ4v) is 3.43. The minimum atomic E-state index is 0.715. The Morgan fingerprint density at radius 3 is 2.41 bits per heavy atom. The zero-order valence-electron chi connectivity index (χ0n) is 17.1. The first-order valence-electron chi connectivity index (χ1n) is 9.09. The molecule has 1 aromatic carbocycles. The maximum atomic E-state index is 5.67. The summed E-state index contributed by atoms with van der Waals surface area (Å²) in [7, 11) is 5.35. The highest BCUT2D eigenvalue weighted by Crippen LogP contribution is 2.40. The van der Waals surface area contributed by atoms with Crippen molar-refractivity contribution in [2.24, 2.45) is 0 Å². The Labute approximate surface area is 160 Å². The minimum Gasteiger partial charge on any atom is -0.497 e. The highest BCUT2D eigenvalue weighted by molar-refractivity contribution is 5.86. The minimum absolute atomic E-state index is 0.715. The van der Waals surface area contributed by atoms with Crippen molar-refractivity contribution in [1.82, 2.24) is 19.6 Å². The molecule has 2 aromatic heterocycles. The van der Waals surface area contributed by atoms with Gasteiger partial charge in [-0.3, -0.25) is 0 Å². The molecule has 3 aromatic rings. The van der Waals surface area contributed by atoms with E-state index in [2.05, 4.69) is 16.8 Å². The molecule has 0 amide bonds. The van der Waals surface area contributed by atoms with Crippen LogP contribution in [0, 0.1) is 20.8 Å². The number of hydrogen-bond donors (Lipinski definition) is 0. The number of aromatic nitrogens is 4. The van der Waals surface area contributed by atoms with Crippen molar-refractivity contribution >= 4 is 11.6 Å². The van der Waals surface area contributed by atoms with Gasteiger partial charge in [0.1, 0.15) is 17.3 Å². The van der Waals surface area contributed by atoms with Crippen LogP contribution in [0.1, 0.15) is 30.4 Å². The maximum absolute atomic E-state index is 5.67. The molecule has 0 spiro atoms. The van der Waals surface area contributed by atoms with E-state index in [1.807, 2.05) is 44.5 Å². The van der Waals surface area contributed by atoms with Crippen molar-refractivity contribution in [1.29, 1.82) is 0 Å². The number of benzene rings is 1. The molecule has 7 nitrogen and oxygen atoms in total. The van der Waals surface area contributed by atoms with Gasteiger partial charge in [0.25, 0.3) is 0 Å². The van der Waals surface area contributed by atoms with Gasteiger partial charge in [-0.05, 0) is 38.8 Å². The van der Waals surface area contributed by atoms with Crippen molar-refractivity contribution in [2.45, 2.75) is 34.1 Å². The van der Waals surface area contributed by atoms with Gasteiger partial charge in [0, 0.05) is 25.2 Å². The molecule has 0 radical (unpaired) electrons. The number of methoxy groups -OCH3 is 2. The molecule has 0 unspecified atom stereocenters. The van der Waals surface area contributed by atoms with Crippen LogP contribution in [0.2, 0.25) is 0 Å². The van der Waals surface area contributed by atoms with Gasteiger partial charge in [-0.15, -0.1) is 0 Å². The maximum Gasteiger partial charge on any atom is 0.230 e. The van der Waals surface area contributed by atoms with Crippen molar-refractivity contribution in [3.05, 3.63) is 29.2 Å². The van der Waals surface area contributed by atoms with Crippen LogP contribution in [-0.4, -0.2) is 47.4 Å². The van der Waals surface area contributed by atoms with E-state index >= 15 is 0 Å². The molecule has 0 aliphatic rings. The standard InChI is InChI=1S/C20H27N5O2/c1-8-9-24(5)20-22-14(4)21-19-18(13(3)23-25(19)20)17-12(2)10-15(26-6)11-16(17)27-7/h10-11H,8-9H2,1-7H3. The monoisotopic (exact) mass is 369 g/mol. The first kappa shape index (κ1) is 18.9. The van der Waals surface area contributed by atoms with E-state index in [9.17, 15) is 0 Å². The summed E-state index contributed by atoms with van der Waals surface area (Å²) in [6, 6.07) is 3.89. The van der Waals surface area contributed by atoms with E-state index in [1.165, 1.54) is 0 Å². The molecule has 0 atom stereocenters. The number of anilines is 1. The Hall–Kier alpha value is -2.83. The lowest BCUT2D eigenvalue weighted by atomic mass is 9.99. The molecule has 3 rings (SSSR count). The van der Waals surface area contributed by atoms with E-state index in [4.69, 9.17) is 19.6 Å². The number of nitrogens with zero attached hydrogens (tertiary/aromatic N) is 5. The first-order chi connectivity index (χ1) is 12.9. The van der Waals surface area contributed by atoms with Gasteiger partial charge in [0.2, 0.25) is 5.95 Å². The fourth-order valence-electron chi connectivity index (χ4n) is 3.43. The molecule has 27 heavy (non-hydrogen) atoms. The molecule has 0 aliphatic carbocycles. The lowest BCUT2D eigenvalue weighted by molar-refractivity contribution is 0.395. The van der Waals surface area contributed by atoms with Crippen molar-refractivity contribution in [2.75, 3.05) is 32.7 Å². The predicted octanol–water partition coefficient (Wildman–Crippen LogP) is 3.58. The van der Waals surface area contributed by atoms with Crippen molar-refractivity contribution in [3.63, 3.8) is 0 Å². The van der Waals surface area contributed by atoms with Gasteiger partial charge in [-0.25, -0.2) is 4.98 Å². The molecular weight excluding hydrogens is 342 g/mol. The van der Waals surface area contributed by atoms with E-state index in [0.717, 1.165) is 58.4 Å². The second-order valence-electron chi connectivity index (χ2n) is 6.71. The van der Waals surface area contributed by atoms with Crippen molar-refractivity contribution < 1.29 is 9.47 Å². The van der Waals surface area contributed by atoms with Crippen LogP contribution in [-0.2, 0) is 0 Å². The van der Waals surface area contributed by atoms with E-state index in [1.54, 1.807) is 14.2 Å². The van der Waals surface area contributed by atoms with Crippen LogP contribution in [0.3, 0.4) is 0 Å². The average Bonchev–Trinajstić information content (AvgIpc) is 2.96. The molecule has 0 saturated carbocycles. The normalized spacial score (nSPS) is 11.1. The Bertz CT molecular complexity index is 980. The molecule has 0 bridgehead atoms. The van der Waals surface area contributed by atoms with Gasteiger partial charge in [-0.1, -0.05) is 6.92 Å². The van der Waals surface area contributed by atoms with Crippen LogP contribution in [0.15, 0.2) is 12.1 Å². The third kappa shape index (κ3) is 3.29. The summed E-state index contributed by atoms with van der Waals surface area (Å²) in [5.74, 6) is 3.01. The molecular formula is C20H27N5O2. The molecule has 0 fully saturated rings. The average molecular weight is 369 g/mol. The third-order valence-corrected chi connectivity index (χ3v) is 4.63. The van der Waals surface area contributed by atoms with Crippen LogP contribution in [0.5, 0.6) is 11.5 Å². The molecule has 2 heterocycles. The quantitative estimate of drug-likeness (QED) is 0.662. The highest BCUT2D eigenvalue weighted by Gasteiger charge is 2.23. The second kappa shape index (κ2) is 7.42. The highest BCUT2D eigenvalue weighted by atomic mass is 16.5. The summed E-state index contributed by atoms with van der Waals surface area (Å²) in [6.07, 6.45) is 1.03. The lowest BCUT2D eigenvalue weighted by Gasteiger charge is -2.18. The zero-order chi connectivity index (χ0) is 19.7. The van der Waals surface area contributed by atoms with Gasteiger partial charge in [-0.2, -0.15) is 14.6 Å². The molecule has 0 saturated heterocycles. The molecule has 0 aliphatic heterocycles. The van der Waals surface area contributed by atoms with Gasteiger partial charge < -0.3 is 14.4 Å². The largest absolute Gasteiger partial charge is 0.497 e. The Morgan fingerprint density at radius 1 is 1.04 bits per heavy atom. The van der Waals surface area contributed by atoms with Crippen molar-refractivity contribution in [3.8, 4) is 22.6 Å². The first-order valence-corrected chi connectivity index (χ1v) is 9.09. The zero-order valence-corrected chi connectivity index (χ0v) is 17.1. The summed E-state index contributed by atoms with van der Waals surface area (Å²) in [6.45, 7) is 8.98. The fraction of sp³-hybridized carbons (Fsp3) is 0.450. The Balaban J connectivity index is 2.33. The third-order valence-electron chi connectivity index (χ3n) is 4.63. The van der Waals surface area contributed by atoms with Crippen LogP contribution in [0.25, 0.3) is 16.8 Å². The van der Waals surface area contributed by atoms with Gasteiger partial charge in [0.15, 0.2) is 5.65 Å². The predicted molar refractivity (Wildman–Crippen MR) is 107 cm³/mol. The number of hydrogen-bond acceptors (Lipinski definition) is 6. The SMILES string of the molecule is CCCN(C)c1nc(C)nc2c(-c3c(C)cc(OC)cc3OC)c(C)nn12. The topological polar surface area (TPSA) is 64.8 Å². The molecule has 7 heteroatoms. The summed E-state index contributed by atoms with van der Waals surface area (Å²) >= 11 is 0. The summed E-state index contributed by atoms with van der Waals surface area (Å²) in [5.41, 5.74) is 4.65. The number of rotatable bonds is 6. The number of fused-ring (bicyclic) bond motifs is 1. The van der Waals surface area contributed by atoms with E-state index in [-0.39, 0.29) is 0 Å². The summed E-state index contributed by atoms with van der Waals surface area (Å²) < 4.78 is 12.9. The number of ether oxygens (including phenoxy) is 2. The summed E-state index contributed by atoms with van der Waals surface area (Å²) in [5, 5.41) is 4.76.